The van der Waals surface area contributed by atoms with Gasteiger partial charge in [-0.3, -0.25) is 9.59 Å². The Labute approximate surface area is 161 Å². The topological polar surface area (TPSA) is 61.4 Å². The number of hydrogen-bond acceptors (Lipinski definition) is 3. The molecule has 144 valence electrons. The first-order valence-electron chi connectivity index (χ1n) is 9.80. The van der Waals surface area contributed by atoms with E-state index < -0.39 is 0 Å². The van der Waals surface area contributed by atoms with Crippen LogP contribution in [0, 0.1) is 5.92 Å². The fraction of sp³-hybridized carbons (Fsp3) is 0.455. The highest BCUT2D eigenvalue weighted by Gasteiger charge is 2.38. The molecule has 0 spiro atoms. The average Bonchev–Trinajstić information content (AvgIpc) is 3.12. The van der Waals surface area contributed by atoms with Crippen LogP contribution in [-0.2, 0) is 4.79 Å². The van der Waals surface area contributed by atoms with Crippen LogP contribution >= 0.6 is 0 Å². The molecule has 2 aliphatic rings. The van der Waals surface area contributed by atoms with Gasteiger partial charge in [0.05, 0.1) is 6.04 Å². The van der Waals surface area contributed by atoms with E-state index in [1.165, 1.54) is 25.7 Å². The number of carbonyl (C=O) groups is 2. The molecule has 0 radical (unpaired) electrons. The normalized spacial score (nSPS) is 23.9. The summed E-state index contributed by atoms with van der Waals surface area (Å²) in [6.07, 6.45) is 9.25. The molecule has 5 heteroatoms. The molecule has 1 saturated heterocycles. The van der Waals surface area contributed by atoms with Crippen molar-refractivity contribution in [2.45, 2.75) is 44.2 Å². The Hall–Kier alpha value is -2.40. The Balaban J connectivity index is 1.58. The maximum absolute atomic E-state index is 12.6. The first kappa shape index (κ1) is 19.4. The van der Waals surface area contributed by atoms with Crippen LogP contribution in [0.2, 0.25) is 0 Å². The summed E-state index contributed by atoms with van der Waals surface area (Å²) in [6.45, 7) is 8.32. The molecule has 3 rings (SSSR count). The summed E-state index contributed by atoms with van der Waals surface area (Å²) in [5, 5.41) is 6.47. The number of hydrogen-bond donors (Lipinski definition) is 2. The number of fused-ring (bicyclic) bond motifs is 1. The van der Waals surface area contributed by atoms with Crippen LogP contribution in [0.1, 0.15) is 42.5 Å². The minimum Gasteiger partial charge on any atom is -0.331 e. The Kier molecular flexibility index (Phi) is 6.45. The molecule has 2 N–H and O–H groups in total. The maximum Gasteiger partial charge on any atom is 0.254 e. The molecule has 2 fully saturated rings. The zero-order valence-corrected chi connectivity index (χ0v) is 15.8. The van der Waals surface area contributed by atoms with E-state index in [0.717, 1.165) is 6.42 Å². The van der Waals surface area contributed by atoms with Crippen LogP contribution in [0.4, 0.5) is 5.69 Å². The van der Waals surface area contributed by atoms with Gasteiger partial charge >= 0.3 is 0 Å². The minimum atomic E-state index is -0.116. The van der Waals surface area contributed by atoms with Crippen molar-refractivity contribution in [3.05, 3.63) is 55.1 Å². The van der Waals surface area contributed by atoms with E-state index in [9.17, 15) is 9.59 Å². The third kappa shape index (κ3) is 4.66. The summed E-state index contributed by atoms with van der Waals surface area (Å²) in [5.74, 6) is 0.577. The fourth-order valence-electron chi connectivity index (χ4n) is 4.18. The van der Waals surface area contributed by atoms with Crippen molar-refractivity contribution in [3.8, 4) is 0 Å². The van der Waals surface area contributed by atoms with Gasteiger partial charge in [-0.25, -0.2) is 0 Å². The van der Waals surface area contributed by atoms with Crippen molar-refractivity contribution in [1.29, 1.82) is 0 Å². The van der Waals surface area contributed by atoms with Crippen LogP contribution in [-0.4, -0.2) is 41.9 Å². The van der Waals surface area contributed by atoms with Crippen molar-refractivity contribution in [2.75, 3.05) is 18.4 Å². The molecule has 3 unspecified atom stereocenters. The Bertz CT molecular complexity index is 674. The highest BCUT2D eigenvalue weighted by atomic mass is 16.2. The molecule has 2 amide bonds. The van der Waals surface area contributed by atoms with Gasteiger partial charge in [-0.1, -0.05) is 25.0 Å². The van der Waals surface area contributed by atoms with E-state index in [2.05, 4.69) is 23.8 Å². The molecule has 1 saturated carbocycles. The van der Waals surface area contributed by atoms with Crippen molar-refractivity contribution in [1.82, 2.24) is 10.2 Å². The Morgan fingerprint density at radius 2 is 1.78 bits per heavy atom. The lowest BCUT2D eigenvalue weighted by Gasteiger charge is -2.24. The fourth-order valence-corrected chi connectivity index (χ4v) is 4.18. The zero-order chi connectivity index (χ0) is 19.2. The smallest absolute Gasteiger partial charge is 0.254 e. The zero-order valence-electron chi connectivity index (χ0n) is 15.8. The quantitative estimate of drug-likeness (QED) is 0.727. The van der Waals surface area contributed by atoms with Gasteiger partial charge in [-0.2, -0.15) is 0 Å². The van der Waals surface area contributed by atoms with Crippen LogP contribution in [0.25, 0.3) is 0 Å². The lowest BCUT2D eigenvalue weighted by molar-refractivity contribution is -0.117. The summed E-state index contributed by atoms with van der Waals surface area (Å²) in [7, 11) is 0. The van der Waals surface area contributed by atoms with Gasteiger partial charge < -0.3 is 15.5 Å². The van der Waals surface area contributed by atoms with Crippen molar-refractivity contribution in [2.24, 2.45) is 5.92 Å². The number of nitrogens with zero attached hydrogens (tertiary/aromatic N) is 1. The number of carbonyl (C=O) groups excluding carboxylic acids is 2. The summed E-state index contributed by atoms with van der Waals surface area (Å²) in [5.41, 5.74) is 1.30. The summed E-state index contributed by atoms with van der Waals surface area (Å²) in [4.78, 5) is 26.8. The van der Waals surface area contributed by atoms with E-state index in [4.69, 9.17) is 0 Å². The van der Waals surface area contributed by atoms with Crippen LogP contribution < -0.4 is 10.6 Å². The van der Waals surface area contributed by atoms with Gasteiger partial charge in [-0.05, 0) is 49.4 Å². The predicted octanol–water partition coefficient (Wildman–Crippen LogP) is 3.36. The average molecular weight is 367 g/mol. The Morgan fingerprint density at radius 1 is 1.11 bits per heavy atom. The van der Waals surface area contributed by atoms with Gasteiger partial charge in [-0.15, -0.1) is 13.2 Å². The lowest BCUT2D eigenvalue weighted by atomic mass is 9.85. The van der Waals surface area contributed by atoms with E-state index in [1.807, 2.05) is 0 Å². The largest absolute Gasteiger partial charge is 0.331 e. The first-order chi connectivity index (χ1) is 13.1. The molecule has 1 aliphatic heterocycles. The molecule has 1 heterocycles. The highest BCUT2D eigenvalue weighted by Crippen LogP contribution is 2.33. The van der Waals surface area contributed by atoms with Crippen molar-refractivity contribution >= 4 is 17.5 Å². The number of amides is 2. The molecule has 0 aromatic heterocycles. The molecule has 1 aromatic rings. The summed E-state index contributed by atoms with van der Waals surface area (Å²) >= 11 is 0. The lowest BCUT2D eigenvalue weighted by Crippen LogP contribution is -2.39. The number of benzene rings is 1. The number of rotatable bonds is 7. The molecule has 27 heavy (non-hydrogen) atoms. The van der Waals surface area contributed by atoms with E-state index in [1.54, 1.807) is 41.3 Å². The molecule has 0 bridgehead atoms. The third-order valence-electron chi connectivity index (χ3n) is 5.56. The van der Waals surface area contributed by atoms with E-state index in [-0.39, 0.29) is 17.9 Å². The molecule has 3 atom stereocenters. The van der Waals surface area contributed by atoms with Gasteiger partial charge in [0.2, 0.25) is 5.91 Å². The number of nitrogens with one attached hydrogen (secondary N) is 2. The molecule has 5 nitrogen and oxygen atoms in total. The molecular formula is C22H29N3O2. The van der Waals surface area contributed by atoms with Crippen LogP contribution in [0.5, 0.6) is 0 Å². The van der Waals surface area contributed by atoms with Gasteiger partial charge in [0.15, 0.2) is 0 Å². The SMILES string of the molecule is C=CCN(CC=C)C(=O)c1ccc(NC(=O)C2CC3CCCCC3N2)cc1. The molecule has 1 aromatic carbocycles. The van der Waals surface area contributed by atoms with Crippen molar-refractivity contribution < 1.29 is 9.59 Å². The number of anilines is 1. The first-order valence-corrected chi connectivity index (χ1v) is 9.80. The maximum atomic E-state index is 12.6. The van der Waals surface area contributed by atoms with Gasteiger partial charge in [0.25, 0.3) is 5.91 Å². The van der Waals surface area contributed by atoms with Gasteiger partial charge in [0, 0.05) is 30.4 Å². The van der Waals surface area contributed by atoms with Crippen LogP contribution in [0.3, 0.4) is 0 Å². The standard InChI is InChI=1S/C22H29N3O2/c1-3-13-25(14-4-2)22(27)16-9-11-18(12-10-16)23-21(26)20-15-17-7-5-6-8-19(17)24-20/h3-4,9-12,17,19-20,24H,1-2,5-8,13-15H2,(H,23,26). The van der Waals surface area contributed by atoms with Crippen LogP contribution in [0.15, 0.2) is 49.6 Å². The van der Waals surface area contributed by atoms with Gasteiger partial charge in [0.1, 0.15) is 0 Å². The second-order valence-electron chi connectivity index (χ2n) is 7.46. The second-order valence-corrected chi connectivity index (χ2v) is 7.46. The summed E-state index contributed by atoms with van der Waals surface area (Å²) < 4.78 is 0. The third-order valence-corrected chi connectivity index (χ3v) is 5.56. The minimum absolute atomic E-state index is 0.0171. The Morgan fingerprint density at radius 3 is 2.41 bits per heavy atom. The molecule has 1 aliphatic carbocycles. The second kappa shape index (κ2) is 9.00. The summed E-state index contributed by atoms with van der Waals surface area (Å²) in [6, 6.07) is 7.45. The van der Waals surface area contributed by atoms with Crippen molar-refractivity contribution in [3.63, 3.8) is 0 Å². The highest BCUT2D eigenvalue weighted by molar-refractivity contribution is 5.97. The van der Waals surface area contributed by atoms with E-state index >= 15 is 0 Å². The predicted molar refractivity (Wildman–Crippen MR) is 109 cm³/mol. The molecular weight excluding hydrogens is 338 g/mol. The van der Waals surface area contributed by atoms with E-state index in [0.29, 0.717) is 36.3 Å². The monoisotopic (exact) mass is 367 g/mol.